The number of rotatable bonds is 2. The maximum atomic E-state index is 12.8. The first-order valence-corrected chi connectivity index (χ1v) is 8.77. The van der Waals surface area contributed by atoms with E-state index in [4.69, 9.17) is 11.6 Å². The zero-order valence-electron chi connectivity index (χ0n) is 14.8. The van der Waals surface area contributed by atoms with Crippen molar-refractivity contribution in [3.05, 3.63) is 86.5 Å². The van der Waals surface area contributed by atoms with E-state index < -0.39 is 5.56 Å². The summed E-state index contributed by atoms with van der Waals surface area (Å²) in [7, 11) is 3.11. The molecule has 0 saturated carbocycles. The third-order valence-electron chi connectivity index (χ3n) is 4.63. The van der Waals surface area contributed by atoms with Crippen molar-refractivity contribution in [1.29, 1.82) is 0 Å². The Kier molecular flexibility index (Phi) is 4.16. The van der Waals surface area contributed by atoms with E-state index in [1.165, 1.54) is 11.6 Å². The molecule has 0 amide bonds. The van der Waals surface area contributed by atoms with Crippen molar-refractivity contribution in [3.63, 3.8) is 0 Å². The number of nitrogens with zero attached hydrogens (tertiary/aromatic N) is 3. The van der Waals surface area contributed by atoms with Gasteiger partial charge in [-0.25, -0.2) is 9.78 Å². The van der Waals surface area contributed by atoms with Crippen molar-refractivity contribution in [1.82, 2.24) is 14.1 Å². The van der Waals surface area contributed by atoms with Crippen molar-refractivity contribution < 1.29 is 0 Å². The normalized spacial score (nSPS) is 11.1. The average Bonchev–Trinajstić information content (AvgIpc) is 2.71. The fraction of sp³-hybridized carbons (Fsp3) is 0.0952. The Morgan fingerprint density at radius 1 is 0.852 bits per heavy atom. The van der Waals surface area contributed by atoms with Crippen LogP contribution in [0.1, 0.15) is 0 Å². The minimum absolute atomic E-state index is 0.255. The number of hydrogen-bond donors (Lipinski definition) is 0. The minimum atomic E-state index is -0.416. The predicted molar refractivity (Wildman–Crippen MR) is 108 cm³/mol. The number of halogens is 1. The topological polar surface area (TPSA) is 56.9 Å². The van der Waals surface area contributed by atoms with E-state index in [0.29, 0.717) is 16.2 Å². The first-order chi connectivity index (χ1) is 13.0. The first kappa shape index (κ1) is 17.2. The van der Waals surface area contributed by atoms with Gasteiger partial charge in [-0.1, -0.05) is 54.1 Å². The highest BCUT2D eigenvalue weighted by Gasteiger charge is 2.17. The molecule has 0 atom stereocenters. The van der Waals surface area contributed by atoms with Gasteiger partial charge in [0, 0.05) is 30.2 Å². The fourth-order valence-corrected chi connectivity index (χ4v) is 3.33. The number of aromatic nitrogens is 3. The molecule has 0 fully saturated rings. The molecule has 2 aromatic heterocycles. The second-order valence-electron chi connectivity index (χ2n) is 6.33. The van der Waals surface area contributed by atoms with Crippen LogP contribution in [0.5, 0.6) is 0 Å². The van der Waals surface area contributed by atoms with Crippen molar-refractivity contribution in [2.45, 2.75) is 0 Å². The molecule has 0 spiro atoms. The summed E-state index contributed by atoms with van der Waals surface area (Å²) in [4.78, 5) is 29.8. The van der Waals surface area contributed by atoms with E-state index in [1.807, 2.05) is 48.5 Å². The van der Waals surface area contributed by atoms with E-state index in [-0.39, 0.29) is 11.2 Å². The van der Waals surface area contributed by atoms with Crippen LogP contribution in [0.4, 0.5) is 0 Å². The van der Waals surface area contributed by atoms with Crippen LogP contribution in [0.3, 0.4) is 0 Å². The highest BCUT2D eigenvalue weighted by atomic mass is 35.5. The summed E-state index contributed by atoms with van der Waals surface area (Å²) in [6.45, 7) is 0. The molecular formula is C21H16ClN3O2. The van der Waals surface area contributed by atoms with Crippen LogP contribution >= 0.6 is 11.6 Å². The van der Waals surface area contributed by atoms with E-state index in [2.05, 4.69) is 4.98 Å². The summed E-state index contributed by atoms with van der Waals surface area (Å²) in [6, 6.07) is 18.8. The SMILES string of the molecule is Cn1c(=O)c2nc(-c3ccc(Cl)cc3)cc(-c3ccccc3)c2n(C)c1=O. The van der Waals surface area contributed by atoms with Crippen LogP contribution in [0.2, 0.25) is 5.02 Å². The molecule has 0 aliphatic carbocycles. The summed E-state index contributed by atoms with van der Waals surface area (Å²) >= 11 is 5.99. The summed E-state index contributed by atoms with van der Waals surface area (Å²) in [5.41, 5.74) is 3.15. The summed E-state index contributed by atoms with van der Waals surface area (Å²) in [6.07, 6.45) is 0. The summed E-state index contributed by atoms with van der Waals surface area (Å²) in [5.74, 6) is 0. The second kappa shape index (κ2) is 6.52. The van der Waals surface area contributed by atoms with Crippen LogP contribution in [0, 0.1) is 0 Å². The number of benzene rings is 2. The number of aryl methyl sites for hydroxylation is 1. The zero-order chi connectivity index (χ0) is 19.1. The lowest BCUT2D eigenvalue weighted by Gasteiger charge is -2.14. The highest BCUT2D eigenvalue weighted by molar-refractivity contribution is 6.30. The highest BCUT2D eigenvalue weighted by Crippen LogP contribution is 2.30. The van der Waals surface area contributed by atoms with Crippen LogP contribution in [-0.4, -0.2) is 14.1 Å². The van der Waals surface area contributed by atoms with Gasteiger partial charge < -0.3 is 0 Å². The average molecular weight is 378 g/mol. The van der Waals surface area contributed by atoms with Gasteiger partial charge in [-0.3, -0.25) is 13.9 Å². The Labute approximate surface area is 160 Å². The number of hydrogen-bond acceptors (Lipinski definition) is 3. The Hall–Kier alpha value is -3.18. The molecule has 5 nitrogen and oxygen atoms in total. The van der Waals surface area contributed by atoms with Gasteiger partial charge in [-0.05, 0) is 23.8 Å². The molecule has 6 heteroatoms. The third kappa shape index (κ3) is 2.86. The molecule has 0 N–H and O–H groups in total. The fourth-order valence-electron chi connectivity index (χ4n) is 3.20. The molecule has 0 aliphatic heterocycles. The Balaban J connectivity index is 2.17. The van der Waals surface area contributed by atoms with Crippen LogP contribution in [-0.2, 0) is 14.1 Å². The van der Waals surface area contributed by atoms with Crippen LogP contribution in [0.15, 0.2) is 70.3 Å². The maximum absolute atomic E-state index is 12.8. The molecule has 0 saturated heterocycles. The Morgan fingerprint density at radius 2 is 1.52 bits per heavy atom. The van der Waals surface area contributed by atoms with Crippen molar-refractivity contribution in [2.75, 3.05) is 0 Å². The van der Waals surface area contributed by atoms with Gasteiger partial charge in [0.25, 0.3) is 5.56 Å². The van der Waals surface area contributed by atoms with Crippen molar-refractivity contribution in [3.8, 4) is 22.4 Å². The third-order valence-corrected chi connectivity index (χ3v) is 4.89. The van der Waals surface area contributed by atoms with E-state index in [9.17, 15) is 9.59 Å². The van der Waals surface area contributed by atoms with E-state index in [0.717, 1.165) is 21.3 Å². The molecular weight excluding hydrogens is 362 g/mol. The van der Waals surface area contributed by atoms with Gasteiger partial charge in [-0.2, -0.15) is 0 Å². The second-order valence-corrected chi connectivity index (χ2v) is 6.77. The maximum Gasteiger partial charge on any atom is 0.331 e. The predicted octanol–water partition coefficient (Wildman–Crippen LogP) is 3.62. The minimum Gasteiger partial charge on any atom is -0.294 e. The van der Waals surface area contributed by atoms with Gasteiger partial charge in [-0.15, -0.1) is 0 Å². The molecule has 27 heavy (non-hydrogen) atoms. The molecule has 2 aromatic carbocycles. The molecule has 0 aliphatic rings. The van der Waals surface area contributed by atoms with Crippen molar-refractivity contribution >= 4 is 22.6 Å². The smallest absolute Gasteiger partial charge is 0.294 e. The largest absolute Gasteiger partial charge is 0.331 e. The van der Waals surface area contributed by atoms with Gasteiger partial charge in [0.1, 0.15) is 0 Å². The molecule has 4 aromatic rings. The van der Waals surface area contributed by atoms with Crippen LogP contribution in [0.25, 0.3) is 33.4 Å². The first-order valence-electron chi connectivity index (χ1n) is 8.39. The monoisotopic (exact) mass is 377 g/mol. The summed E-state index contributed by atoms with van der Waals surface area (Å²) in [5, 5.41) is 0.626. The molecule has 0 radical (unpaired) electrons. The lowest BCUT2D eigenvalue weighted by atomic mass is 10.0. The number of fused-ring (bicyclic) bond motifs is 1. The summed E-state index contributed by atoms with van der Waals surface area (Å²) < 4.78 is 2.55. The van der Waals surface area contributed by atoms with E-state index in [1.54, 1.807) is 19.2 Å². The quantitative estimate of drug-likeness (QED) is 0.536. The van der Waals surface area contributed by atoms with Crippen molar-refractivity contribution in [2.24, 2.45) is 14.1 Å². The van der Waals surface area contributed by atoms with Crippen LogP contribution < -0.4 is 11.2 Å². The van der Waals surface area contributed by atoms with Gasteiger partial charge in [0.05, 0.1) is 11.2 Å². The lowest BCUT2D eigenvalue weighted by Crippen LogP contribution is -2.37. The molecule has 0 bridgehead atoms. The molecule has 0 unspecified atom stereocenters. The number of pyridine rings is 1. The molecule has 2 heterocycles. The molecule has 4 rings (SSSR count). The van der Waals surface area contributed by atoms with Gasteiger partial charge in [0.15, 0.2) is 5.52 Å². The Morgan fingerprint density at radius 3 is 2.19 bits per heavy atom. The molecule has 134 valence electrons. The van der Waals surface area contributed by atoms with E-state index >= 15 is 0 Å². The lowest BCUT2D eigenvalue weighted by molar-refractivity contribution is 0.711. The van der Waals surface area contributed by atoms with Gasteiger partial charge >= 0.3 is 5.69 Å². The Bertz CT molecular complexity index is 1270. The standard InChI is InChI=1S/C21H16ClN3O2/c1-24-19-16(13-6-4-3-5-7-13)12-17(14-8-10-15(22)11-9-14)23-18(19)20(26)25(2)21(24)27/h3-12H,1-2H3. The zero-order valence-corrected chi connectivity index (χ0v) is 15.6. The van der Waals surface area contributed by atoms with Gasteiger partial charge in [0.2, 0.25) is 0 Å².